The van der Waals surface area contributed by atoms with Crippen LogP contribution in [0.5, 0.6) is 10.9 Å². The number of aromatic nitrogens is 2. The van der Waals surface area contributed by atoms with Gasteiger partial charge in [-0.3, -0.25) is 4.90 Å². The third-order valence-corrected chi connectivity index (χ3v) is 6.52. The van der Waals surface area contributed by atoms with Gasteiger partial charge in [-0.15, -0.1) is 0 Å². The van der Waals surface area contributed by atoms with E-state index in [0.29, 0.717) is 10.8 Å². The van der Waals surface area contributed by atoms with Crippen LogP contribution in [0.25, 0.3) is 21.3 Å². The molecule has 7 heteroatoms. The number of benzene rings is 1. The highest BCUT2D eigenvalue weighted by Crippen LogP contribution is 2.33. The zero-order valence-electron chi connectivity index (χ0n) is 15.9. The fourth-order valence-electron chi connectivity index (χ4n) is 4.17. The minimum Gasteiger partial charge on any atom is -0.464 e. The Bertz CT molecular complexity index is 1190. The van der Waals surface area contributed by atoms with Crippen molar-refractivity contribution in [2.75, 3.05) is 26.2 Å². The molecule has 0 unspecified atom stereocenters. The average molecular weight is 404 g/mol. The molecule has 0 amide bonds. The van der Waals surface area contributed by atoms with Crippen molar-refractivity contribution in [2.45, 2.75) is 13.0 Å². The lowest BCUT2D eigenvalue weighted by Crippen LogP contribution is -2.42. The topological polar surface area (TPSA) is 54.6 Å². The normalized spacial score (nSPS) is 17.1. The third-order valence-electron chi connectivity index (χ3n) is 5.63. The number of piperazine rings is 1. The maximum absolute atomic E-state index is 5.96. The summed E-state index contributed by atoms with van der Waals surface area (Å²) < 4.78 is 12.8. The molecule has 0 N–H and O–H groups in total. The van der Waals surface area contributed by atoms with E-state index >= 15 is 0 Å². The van der Waals surface area contributed by atoms with Crippen LogP contribution in [-0.4, -0.2) is 45.9 Å². The summed E-state index contributed by atoms with van der Waals surface area (Å²) in [5.41, 5.74) is 4.26. The molecule has 146 valence electrons. The molecule has 3 aromatic heterocycles. The standard InChI is InChI=1S/C22H20N4O2S/c1-4-20-21(23-7-1)24-22(29-20)28-17-5-6-18-15(14-27-19(18)11-17)12-25-9-10-26-8-2-3-16(26)13-25/h1,3-7,11,14H,2,8-10,12-13H2. The molecule has 0 atom stereocenters. The van der Waals surface area contributed by atoms with Crippen LogP contribution in [-0.2, 0) is 6.54 Å². The van der Waals surface area contributed by atoms with Crippen LogP contribution in [0.15, 0.2) is 59.0 Å². The number of pyridine rings is 1. The Hall–Kier alpha value is -2.90. The van der Waals surface area contributed by atoms with Crippen LogP contribution in [0.3, 0.4) is 0 Å². The molecule has 0 aliphatic carbocycles. The van der Waals surface area contributed by atoms with E-state index in [0.717, 1.165) is 47.6 Å². The molecule has 0 saturated carbocycles. The summed E-state index contributed by atoms with van der Waals surface area (Å²) in [4.78, 5) is 13.7. The van der Waals surface area contributed by atoms with Crippen molar-refractivity contribution in [1.29, 1.82) is 0 Å². The van der Waals surface area contributed by atoms with Crippen molar-refractivity contribution >= 4 is 32.7 Å². The molecular formula is C22H20N4O2S. The number of furan rings is 1. The van der Waals surface area contributed by atoms with Crippen molar-refractivity contribution in [3.05, 3.63) is 60.1 Å². The number of ether oxygens (including phenoxy) is 1. The minimum atomic E-state index is 0.590. The Balaban J connectivity index is 1.21. The lowest BCUT2D eigenvalue weighted by atomic mass is 10.1. The molecule has 0 radical (unpaired) electrons. The van der Waals surface area contributed by atoms with Gasteiger partial charge in [0.1, 0.15) is 11.3 Å². The number of rotatable bonds is 4. The third kappa shape index (κ3) is 3.16. The van der Waals surface area contributed by atoms with Gasteiger partial charge in [-0.2, -0.15) is 4.98 Å². The number of hydrogen-bond donors (Lipinski definition) is 0. The van der Waals surface area contributed by atoms with Gasteiger partial charge >= 0.3 is 0 Å². The molecule has 5 heterocycles. The molecule has 2 aliphatic rings. The molecule has 29 heavy (non-hydrogen) atoms. The fourth-order valence-corrected chi connectivity index (χ4v) is 4.96. The van der Waals surface area contributed by atoms with Crippen molar-refractivity contribution in [1.82, 2.24) is 19.8 Å². The predicted octanol–water partition coefficient (Wildman–Crippen LogP) is 4.64. The second kappa shape index (κ2) is 6.86. The van der Waals surface area contributed by atoms with E-state index in [2.05, 4.69) is 31.9 Å². The Morgan fingerprint density at radius 3 is 3.14 bits per heavy atom. The quantitative estimate of drug-likeness (QED) is 0.494. The highest BCUT2D eigenvalue weighted by molar-refractivity contribution is 7.20. The molecule has 4 aromatic rings. The second-order valence-corrected chi connectivity index (χ2v) is 8.50. The molecule has 0 bridgehead atoms. The Morgan fingerprint density at radius 1 is 1.17 bits per heavy atom. The van der Waals surface area contributed by atoms with Gasteiger partial charge in [0.25, 0.3) is 5.19 Å². The maximum Gasteiger partial charge on any atom is 0.281 e. The Kier molecular flexibility index (Phi) is 4.02. The van der Waals surface area contributed by atoms with Gasteiger partial charge in [-0.1, -0.05) is 17.4 Å². The van der Waals surface area contributed by atoms with Crippen LogP contribution in [0, 0.1) is 0 Å². The van der Waals surface area contributed by atoms with Crippen molar-refractivity contribution in [2.24, 2.45) is 0 Å². The first kappa shape index (κ1) is 17.0. The first-order chi connectivity index (χ1) is 14.3. The van der Waals surface area contributed by atoms with E-state index in [4.69, 9.17) is 9.15 Å². The summed E-state index contributed by atoms with van der Waals surface area (Å²) in [5.74, 6) is 0.724. The largest absolute Gasteiger partial charge is 0.464 e. The van der Waals surface area contributed by atoms with Crippen LogP contribution in [0.2, 0.25) is 0 Å². The second-order valence-electron chi connectivity index (χ2n) is 7.51. The zero-order valence-corrected chi connectivity index (χ0v) is 16.7. The van der Waals surface area contributed by atoms with E-state index in [1.807, 2.05) is 30.5 Å². The lowest BCUT2D eigenvalue weighted by Gasteiger charge is -2.35. The number of fused-ring (bicyclic) bond motifs is 3. The van der Waals surface area contributed by atoms with Gasteiger partial charge in [0.15, 0.2) is 5.65 Å². The summed E-state index contributed by atoms with van der Waals surface area (Å²) in [7, 11) is 0. The molecule has 1 fully saturated rings. The lowest BCUT2D eigenvalue weighted by molar-refractivity contribution is 0.182. The molecule has 0 spiro atoms. The van der Waals surface area contributed by atoms with Gasteiger partial charge in [-0.25, -0.2) is 4.98 Å². The highest BCUT2D eigenvalue weighted by Gasteiger charge is 2.24. The van der Waals surface area contributed by atoms with E-state index in [1.165, 1.54) is 35.6 Å². The molecule has 1 saturated heterocycles. The SMILES string of the molecule is C1=C2CN(Cc3coc4cc(Oc5nc6ncccc6s5)ccc34)CCN2CC1. The van der Waals surface area contributed by atoms with Gasteiger partial charge in [-0.05, 0) is 30.7 Å². The Morgan fingerprint density at radius 2 is 2.17 bits per heavy atom. The predicted molar refractivity (Wildman–Crippen MR) is 113 cm³/mol. The summed E-state index contributed by atoms with van der Waals surface area (Å²) in [6.45, 7) is 5.33. The van der Waals surface area contributed by atoms with E-state index < -0.39 is 0 Å². The highest BCUT2D eigenvalue weighted by atomic mass is 32.1. The number of nitrogens with zero attached hydrogens (tertiary/aromatic N) is 4. The van der Waals surface area contributed by atoms with E-state index in [-0.39, 0.29) is 0 Å². The van der Waals surface area contributed by atoms with Crippen LogP contribution in [0.1, 0.15) is 12.0 Å². The summed E-state index contributed by atoms with van der Waals surface area (Å²) in [6, 6.07) is 9.91. The van der Waals surface area contributed by atoms with Crippen molar-refractivity contribution in [3.8, 4) is 10.9 Å². The first-order valence-electron chi connectivity index (χ1n) is 9.88. The van der Waals surface area contributed by atoms with Crippen LogP contribution < -0.4 is 4.74 Å². The molecule has 6 nitrogen and oxygen atoms in total. The fraction of sp³-hybridized carbons (Fsp3) is 0.273. The van der Waals surface area contributed by atoms with Crippen molar-refractivity contribution in [3.63, 3.8) is 0 Å². The molecular weight excluding hydrogens is 384 g/mol. The summed E-state index contributed by atoms with van der Waals surface area (Å²) >= 11 is 1.49. The number of thiazole rings is 1. The van der Waals surface area contributed by atoms with Crippen molar-refractivity contribution < 1.29 is 9.15 Å². The van der Waals surface area contributed by atoms with Crippen LogP contribution >= 0.6 is 11.3 Å². The van der Waals surface area contributed by atoms with E-state index in [9.17, 15) is 0 Å². The summed E-state index contributed by atoms with van der Waals surface area (Å²) in [5, 5.41) is 1.73. The van der Waals surface area contributed by atoms with Crippen LogP contribution in [0.4, 0.5) is 0 Å². The van der Waals surface area contributed by atoms with E-state index in [1.54, 1.807) is 6.20 Å². The maximum atomic E-state index is 5.96. The van der Waals surface area contributed by atoms with Gasteiger partial charge in [0, 0.05) is 61.6 Å². The Labute approximate surface area is 172 Å². The first-order valence-corrected chi connectivity index (χ1v) is 10.7. The molecule has 6 rings (SSSR count). The van der Waals surface area contributed by atoms with Gasteiger partial charge in [0.2, 0.25) is 0 Å². The number of hydrogen-bond acceptors (Lipinski definition) is 7. The van der Waals surface area contributed by atoms with Gasteiger partial charge in [0.05, 0.1) is 11.0 Å². The minimum absolute atomic E-state index is 0.590. The molecule has 1 aromatic carbocycles. The summed E-state index contributed by atoms with van der Waals surface area (Å²) in [6.07, 6.45) is 7.18. The monoisotopic (exact) mass is 404 g/mol. The zero-order chi connectivity index (χ0) is 19.2. The molecule has 2 aliphatic heterocycles. The average Bonchev–Trinajstić information content (AvgIpc) is 3.45. The van der Waals surface area contributed by atoms with Gasteiger partial charge < -0.3 is 14.1 Å². The smallest absolute Gasteiger partial charge is 0.281 e.